The molecule has 8 heteroatoms. The van der Waals surface area contributed by atoms with E-state index in [9.17, 15) is 13.2 Å². The van der Waals surface area contributed by atoms with Crippen LogP contribution in [0.3, 0.4) is 0 Å². The van der Waals surface area contributed by atoms with Crippen LogP contribution in [-0.2, 0) is 23.0 Å². The van der Waals surface area contributed by atoms with Crippen molar-refractivity contribution in [2.45, 2.75) is 17.9 Å². The van der Waals surface area contributed by atoms with E-state index in [-0.39, 0.29) is 17.3 Å². The van der Waals surface area contributed by atoms with Gasteiger partial charge in [-0.2, -0.15) is 0 Å². The van der Waals surface area contributed by atoms with Gasteiger partial charge in [-0.05, 0) is 41.8 Å². The number of amides is 1. The summed E-state index contributed by atoms with van der Waals surface area (Å²) in [4.78, 5) is 17.5. The molecule has 1 aromatic carbocycles. The molecule has 0 atom stereocenters. The minimum Gasteiger partial charge on any atom is -0.352 e. The normalized spacial score (nSPS) is 11.3. The lowest BCUT2D eigenvalue weighted by atomic mass is 10.2. The molecule has 27 heavy (non-hydrogen) atoms. The Morgan fingerprint density at radius 2 is 1.96 bits per heavy atom. The Morgan fingerprint density at radius 3 is 2.70 bits per heavy atom. The molecular formula is C19H19N3O3S2. The van der Waals surface area contributed by atoms with Gasteiger partial charge in [-0.1, -0.05) is 18.2 Å². The average Bonchev–Trinajstić information content (AvgIpc) is 3.21. The van der Waals surface area contributed by atoms with E-state index in [0.29, 0.717) is 18.5 Å². The van der Waals surface area contributed by atoms with Crippen molar-refractivity contribution in [1.82, 2.24) is 15.0 Å². The number of carbonyl (C=O) groups excluding carboxylic acids is 1. The molecule has 3 aromatic rings. The number of rotatable bonds is 8. The Hall–Kier alpha value is -2.55. The average molecular weight is 402 g/mol. The maximum Gasteiger partial charge on any atom is 0.251 e. The molecule has 0 aliphatic heterocycles. The number of pyridine rings is 1. The van der Waals surface area contributed by atoms with Crippen molar-refractivity contribution < 1.29 is 13.2 Å². The molecule has 140 valence electrons. The largest absolute Gasteiger partial charge is 0.352 e. The first-order chi connectivity index (χ1) is 13.0. The summed E-state index contributed by atoms with van der Waals surface area (Å²) in [5.74, 6) is -0.318. The molecular weight excluding hydrogens is 382 g/mol. The van der Waals surface area contributed by atoms with Crippen LogP contribution in [-0.4, -0.2) is 25.9 Å². The molecule has 2 N–H and O–H groups in total. The SMILES string of the molecule is O=C(NCCc1ccccn1)c1cccc(S(=O)(=O)NCc2cccs2)c1. The van der Waals surface area contributed by atoms with Gasteiger partial charge in [0.25, 0.3) is 5.91 Å². The third-order valence-electron chi connectivity index (χ3n) is 3.82. The Labute approximate surface area is 162 Å². The summed E-state index contributed by atoms with van der Waals surface area (Å²) >= 11 is 1.48. The monoisotopic (exact) mass is 401 g/mol. The Kier molecular flexibility index (Phi) is 6.33. The molecule has 0 spiro atoms. The summed E-state index contributed by atoms with van der Waals surface area (Å²) in [6.07, 6.45) is 2.31. The van der Waals surface area contributed by atoms with Gasteiger partial charge in [0.1, 0.15) is 0 Å². The summed E-state index contributed by atoms with van der Waals surface area (Å²) in [6.45, 7) is 0.643. The van der Waals surface area contributed by atoms with Gasteiger partial charge < -0.3 is 5.32 Å². The lowest BCUT2D eigenvalue weighted by molar-refractivity contribution is 0.0954. The standard InChI is InChI=1S/C19H19N3O3S2/c23-19(21-11-9-16-6-1-2-10-20-16)15-5-3-8-18(13-15)27(24,25)22-14-17-7-4-12-26-17/h1-8,10,12-13,22H,9,11,14H2,(H,21,23). The van der Waals surface area contributed by atoms with Crippen molar-refractivity contribution in [3.05, 3.63) is 82.3 Å². The van der Waals surface area contributed by atoms with Gasteiger partial charge in [-0.3, -0.25) is 9.78 Å². The van der Waals surface area contributed by atoms with Crippen LogP contribution in [0.15, 0.2) is 71.1 Å². The molecule has 3 rings (SSSR count). The van der Waals surface area contributed by atoms with E-state index in [0.717, 1.165) is 10.6 Å². The predicted octanol–water partition coefficient (Wildman–Crippen LogP) is 2.59. The number of thiophene rings is 1. The molecule has 0 saturated heterocycles. The van der Waals surface area contributed by atoms with Crippen LogP contribution in [0, 0.1) is 0 Å². The second-order valence-electron chi connectivity index (χ2n) is 5.76. The minimum atomic E-state index is -3.69. The van der Waals surface area contributed by atoms with Crippen LogP contribution in [0.25, 0.3) is 0 Å². The highest BCUT2D eigenvalue weighted by molar-refractivity contribution is 7.89. The highest BCUT2D eigenvalue weighted by Crippen LogP contribution is 2.14. The number of benzene rings is 1. The zero-order valence-electron chi connectivity index (χ0n) is 14.5. The van der Waals surface area contributed by atoms with Crippen LogP contribution < -0.4 is 10.0 Å². The lowest BCUT2D eigenvalue weighted by Crippen LogP contribution is -2.27. The molecule has 0 fully saturated rings. The smallest absolute Gasteiger partial charge is 0.251 e. The maximum atomic E-state index is 12.5. The molecule has 0 unspecified atom stereocenters. The molecule has 0 radical (unpaired) electrons. The van der Waals surface area contributed by atoms with E-state index in [4.69, 9.17) is 0 Å². The van der Waals surface area contributed by atoms with Crippen LogP contribution >= 0.6 is 11.3 Å². The van der Waals surface area contributed by atoms with Gasteiger partial charge in [0.15, 0.2) is 0 Å². The molecule has 2 aromatic heterocycles. The Morgan fingerprint density at radius 1 is 1.07 bits per heavy atom. The summed E-state index contributed by atoms with van der Waals surface area (Å²) in [5.41, 5.74) is 1.18. The molecule has 1 amide bonds. The third-order valence-corrected chi connectivity index (χ3v) is 6.09. The second kappa shape index (κ2) is 8.90. The fraction of sp³-hybridized carbons (Fsp3) is 0.158. The van der Waals surface area contributed by atoms with E-state index in [1.807, 2.05) is 35.7 Å². The van der Waals surface area contributed by atoms with E-state index >= 15 is 0 Å². The predicted molar refractivity (Wildman–Crippen MR) is 105 cm³/mol. The van der Waals surface area contributed by atoms with Crippen LogP contribution in [0.4, 0.5) is 0 Å². The Balaban J connectivity index is 1.61. The van der Waals surface area contributed by atoms with Crippen molar-refractivity contribution >= 4 is 27.3 Å². The third kappa shape index (κ3) is 5.46. The first-order valence-electron chi connectivity index (χ1n) is 8.35. The number of aromatic nitrogens is 1. The fourth-order valence-electron chi connectivity index (χ4n) is 2.42. The molecule has 2 heterocycles. The number of hydrogen-bond acceptors (Lipinski definition) is 5. The summed E-state index contributed by atoms with van der Waals surface area (Å²) in [6, 6.07) is 15.3. The minimum absolute atomic E-state index is 0.0661. The van der Waals surface area contributed by atoms with E-state index < -0.39 is 10.0 Å². The van der Waals surface area contributed by atoms with Gasteiger partial charge in [0.05, 0.1) is 4.90 Å². The summed E-state index contributed by atoms with van der Waals surface area (Å²) < 4.78 is 27.5. The van der Waals surface area contributed by atoms with E-state index in [2.05, 4.69) is 15.0 Å². The van der Waals surface area contributed by atoms with Crippen molar-refractivity contribution in [1.29, 1.82) is 0 Å². The quantitative estimate of drug-likeness (QED) is 0.607. The topological polar surface area (TPSA) is 88.2 Å². The second-order valence-corrected chi connectivity index (χ2v) is 8.56. The lowest BCUT2D eigenvalue weighted by Gasteiger charge is -2.09. The van der Waals surface area contributed by atoms with Gasteiger partial charge in [0.2, 0.25) is 10.0 Å². The van der Waals surface area contributed by atoms with Gasteiger partial charge in [-0.25, -0.2) is 13.1 Å². The zero-order valence-corrected chi connectivity index (χ0v) is 16.1. The molecule has 0 saturated carbocycles. The van der Waals surface area contributed by atoms with E-state index in [1.54, 1.807) is 18.3 Å². The summed E-state index contributed by atoms with van der Waals surface area (Å²) in [5, 5.41) is 4.68. The molecule has 0 aliphatic rings. The van der Waals surface area contributed by atoms with Crippen molar-refractivity contribution in [3.8, 4) is 0 Å². The highest BCUT2D eigenvalue weighted by atomic mass is 32.2. The highest BCUT2D eigenvalue weighted by Gasteiger charge is 2.16. The molecule has 0 aliphatic carbocycles. The molecule has 0 bridgehead atoms. The van der Waals surface area contributed by atoms with Crippen molar-refractivity contribution in [2.24, 2.45) is 0 Å². The Bertz CT molecular complexity index is 988. The van der Waals surface area contributed by atoms with Crippen LogP contribution in [0.5, 0.6) is 0 Å². The zero-order chi connectivity index (χ0) is 19.1. The fourth-order valence-corrected chi connectivity index (χ4v) is 4.21. The summed E-state index contributed by atoms with van der Waals surface area (Å²) in [7, 11) is -3.69. The van der Waals surface area contributed by atoms with Gasteiger partial charge in [0, 0.05) is 41.8 Å². The van der Waals surface area contributed by atoms with Gasteiger partial charge >= 0.3 is 0 Å². The van der Waals surface area contributed by atoms with Crippen LogP contribution in [0.1, 0.15) is 20.9 Å². The molecule has 6 nitrogen and oxygen atoms in total. The number of hydrogen-bond donors (Lipinski definition) is 2. The first-order valence-corrected chi connectivity index (χ1v) is 10.7. The number of nitrogens with one attached hydrogen (secondary N) is 2. The van der Waals surface area contributed by atoms with Gasteiger partial charge in [-0.15, -0.1) is 11.3 Å². The number of sulfonamides is 1. The van der Waals surface area contributed by atoms with Crippen molar-refractivity contribution in [2.75, 3.05) is 6.54 Å². The van der Waals surface area contributed by atoms with Crippen molar-refractivity contribution in [3.63, 3.8) is 0 Å². The number of carbonyl (C=O) groups is 1. The maximum absolute atomic E-state index is 12.5. The number of nitrogens with zero attached hydrogens (tertiary/aromatic N) is 1. The first kappa shape index (κ1) is 19.2. The van der Waals surface area contributed by atoms with Crippen LogP contribution in [0.2, 0.25) is 0 Å². The van der Waals surface area contributed by atoms with E-state index in [1.165, 1.54) is 23.5 Å².